The molecule has 1 N–H and O–H groups in total. The maximum absolute atomic E-state index is 12.6. The van der Waals surface area contributed by atoms with Gasteiger partial charge in [0.15, 0.2) is 0 Å². The molecule has 0 aliphatic rings. The van der Waals surface area contributed by atoms with Crippen molar-refractivity contribution in [2.75, 3.05) is 26.2 Å². The maximum atomic E-state index is 12.6. The Hall–Kier alpha value is -2.07. The molecule has 2 rings (SSSR count). The van der Waals surface area contributed by atoms with Crippen LogP contribution in [0.1, 0.15) is 41.2 Å². The van der Waals surface area contributed by atoms with Crippen molar-refractivity contribution in [3.05, 3.63) is 52.8 Å². The molecule has 0 aliphatic heterocycles. The predicted molar refractivity (Wildman–Crippen MR) is 100 cm³/mol. The molecule has 0 aliphatic carbocycles. The first-order valence-electron chi connectivity index (χ1n) is 8.75. The topological polar surface area (TPSA) is 37.3 Å². The van der Waals surface area contributed by atoms with Crippen LogP contribution in [-0.4, -0.2) is 41.6 Å². The molecule has 1 heterocycles. The smallest absolute Gasteiger partial charge is 0.253 e. The van der Waals surface area contributed by atoms with Gasteiger partial charge in [0.05, 0.1) is 5.56 Å². The lowest BCUT2D eigenvalue weighted by Crippen LogP contribution is -2.34. The number of nitrogens with one attached hydrogen (secondary N) is 1. The summed E-state index contributed by atoms with van der Waals surface area (Å²) in [6, 6.07) is 10.2. The highest BCUT2D eigenvalue weighted by molar-refractivity contribution is 5.95. The van der Waals surface area contributed by atoms with Crippen LogP contribution in [0.3, 0.4) is 0 Å². The standard InChI is InChI=1S/C20H29N3O/c1-6-22(7-2)13-12-21-20(24)18-14-16(4)23(17(18)5)19-11-9-8-10-15(19)3/h8-11,14H,6-7,12-13H2,1-5H3,(H,21,24). The lowest BCUT2D eigenvalue weighted by Gasteiger charge is -2.18. The van der Waals surface area contributed by atoms with Gasteiger partial charge in [-0.3, -0.25) is 4.79 Å². The normalized spacial score (nSPS) is 11.1. The highest BCUT2D eigenvalue weighted by Gasteiger charge is 2.17. The van der Waals surface area contributed by atoms with E-state index in [0.717, 1.165) is 42.3 Å². The Morgan fingerprint density at radius 1 is 1.12 bits per heavy atom. The molecule has 130 valence electrons. The second-order valence-electron chi connectivity index (χ2n) is 6.19. The van der Waals surface area contributed by atoms with E-state index in [1.165, 1.54) is 5.56 Å². The van der Waals surface area contributed by atoms with Gasteiger partial charge in [0.2, 0.25) is 0 Å². The molecular weight excluding hydrogens is 298 g/mol. The Bertz CT molecular complexity index is 699. The Morgan fingerprint density at radius 2 is 1.79 bits per heavy atom. The van der Waals surface area contributed by atoms with E-state index in [1.807, 2.05) is 32.0 Å². The van der Waals surface area contributed by atoms with Crippen molar-refractivity contribution in [3.63, 3.8) is 0 Å². The van der Waals surface area contributed by atoms with Crippen molar-refractivity contribution in [1.82, 2.24) is 14.8 Å². The average Bonchev–Trinajstić information content (AvgIpc) is 2.87. The van der Waals surface area contributed by atoms with Gasteiger partial charge in [-0.05, 0) is 51.6 Å². The van der Waals surface area contributed by atoms with Crippen LogP contribution in [-0.2, 0) is 0 Å². The van der Waals surface area contributed by atoms with E-state index in [-0.39, 0.29) is 5.91 Å². The molecule has 4 nitrogen and oxygen atoms in total. The summed E-state index contributed by atoms with van der Waals surface area (Å²) in [7, 11) is 0. The quantitative estimate of drug-likeness (QED) is 0.845. The van der Waals surface area contributed by atoms with E-state index in [4.69, 9.17) is 0 Å². The van der Waals surface area contributed by atoms with Gasteiger partial charge in [0, 0.05) is 30.2 Å². The number of amides is 1. The highest BCUT2D eigenvalue weighted by atomic mass is 16.1. The molecule has 0 bridgehead atoms. The van der Waals surface area contributed by atoms with E-state index < -0.39 is 0 Å². The van der Waals surface area contributed by atoms with Crippen molar-refractivity contribution >= 4 is 5.91 Å². The van der Waals surface area contributed by atoms with Crippen molar-refractivity contribution in [1.29, 1.82) is 0 Å². The summed E-state index contributed by atoms with van der Waals surface area (Å²) in [5, 5.41) is 3.05. The maximum Gasteiger partial charge on any atom is 0.253 e. The van der Waals surface area contributed by atoms with Crippen LogP contribution in [0.2, 0.25) is 0 Å². The van der Waals surface area contributed by atoms with Crippen molar-refractivity contribution < 1.29 is 4.79 Å². The van der Waals surface area contributed by atoms with Crippen LogP contribution in [0.25, 0.3) is 5.69 Å². The van der Waals surface area contributed by atoms with Crippen molar-refractivity contribution in [3.8, 4) is 5.69 Å². The first-order chi connectivity index (χ1) is 11.5. The van der Waals surface area contributed by atoms with Gasteiger partial charge in [-0.2, -0.15) is 0 Å². The van der Waals surface area contributed by atoms with Crippen LogP contribution >= 0.6 is 0 Å². The van der Waals surface area contributed by atoms with Crippen LogP contribution in [0.5, 0.6) is 0 Å². The summed E-state index contributed by atoms with van der Waals surface area (Å²) in [6.45, 7) is 14.0. The predicted octanol–water partition coefficient (Wildman–Crippen LogP) is 3.47. The molecule has 24 heavy (non-hydrogen) atoms. The molecule has 0 fully saturated rings. The fourth-order valence-electron chi connectivity index (χ4n) is 3.14. The van der Waals surface area contributed by atoms with Crippen LogP contribution in [0.4, 0.5) is 0 Å². The van der Waals surface area contributed by atoms with Gasteiger partial charge < -0.3 is 14.8 Å². The summed E-state index contributed by atoms with van der Waals surface area (Å²) in [6.07, 6.45) is 0. The van der Waals surface area contributed by atoms with Crippen molar-refractivity contribution in [2.24, 2.45) is 0 Å². The van der Waals surface area contributed by atoms with Gasteiger partial charge >= 0.3 is 0 Å². The second kappa shape index (κ2) is 8.15. The van der Waals surface area contributed by atoms with Gasteiger partial charge in [-0.25, -0.2) is 0 Å². The van der Waals surface area contributed by atoms with Crippen LogP contribution in [0.15, 0.2) is 30.3 Å². The first kappa shape index (κ1) is 18.3. The number of carbonyl (C=O) groups excluding carboxylic acids is 1. The SMILES string of the molecule is CCN(CC)CCNC(=O)c1cc(C)n(-c2ccccc2C)c1C. The number of rotatable bonds is 7. The van der Waals surface area contributed by atoms with Crippen molar-refractivity contribution in [2.45, 2.75) is 34.6 Å². The minimum Gasteiger partial charge on any atom is -0.351 e. The number of nitrogens with zero attached hydrogens (tertiary/aromatic N) is 2. The Labute approximate surface area is 145 Å². The molecule has 2 aromatic rings. The molecule has 1 aromatic carbocycles. The lowest BCUT2D eigenvalue weighted by atomic mass is 10.2. The van der Waals surface area contributed by atoms with Gasteiger partial charge in [0.25, 0.3) is 5.91 Å². The monoisotopic (exact) mass is 327 g/mol. The molecule has 0 saturated carbocycles. The minimum absolute atomic E-state index is 0.00934. The summed E-state index contributed by atoms with van der Waals surface area (Å²) < 4.78 is 2.16. The number of aryl methyl sites for hydroxylation is 2. The average molecular weight is 327 g/mol. The number of hydrogen-bond donors (Lipinski definition) is 1. The highest BCUT2D eigenvalue weighted by Crippen LogP contribution is 2.23. The number of carbonyl (C=O) groups is 1. The molecule has 0 unspecified atom stereocenters. The summed E-state index contributed by atoms with van der Waals surface area (Å²) in [4.78, 5) is 14.9. The van der Waals surface area contributed by atoms with Gasteiger partial charge in [-0.15, -0.1) is 0 Å². The molecule has 1 aromatic heterocycles. The summed E-state index contributed by atoms with van der Waals surface area (Å²) in [5.74, 6) is 0.00934. The second-order valence-corrected chi connectivity index (χ2v) is 6.19. The number of benzene rings is 1. The zero-order chi connectivity index (χ0) is 17.7. The molecule has 0 radical (unpaired) electrons. The van der Waals surface area contributed by atoms with E-state index in [1.54, 1.807) is 0 Å². The number of para-hydroxylation sites is 1. The Kier molecular flexibility index (Phi) is 6.21. The third-order valence-electron chi connectivity index (χ3n) is 4.64. The Morgan fingerprint density at radius 3 is 2.42 bits per heavy atom. The first-order valence-corrected chi connectivity index (χ1v) is 8.75. The van der Waals surface area contributed by atoms with Gasteiger partial charge in [0.1, 0.15) is 0 Å². The fourth-order valence-corrected chi connectivity index (χ4v) is 3.14. The number of likely N-dealkylation sites (N-methyl/N-ethyl adjacent to an activating group) is 1. The van der Waals surface area contributed by atoms with Crippen LogP contribution in [0, 0.1) is 20.8 Å². The minimum atomic E-state index is 0.00934. The van der Waals surface area contributed by atoms with E-state index in [0.29, 0.717) is 6.54 Å². The van der Waals surface area contributed by atoms with E-state index in [2.05, 4.69) is 47.7 Å². The molecule has 0 saturated heterocycles. The molecule has 0 spiro atoms. The van der Waals surface area contributed by atoms with Gasteiger partial charge in [-0.1, -0.05) is 32.0 Å². The molecule has 4 heteroatoms. The zero-order valence-corrected chi connectivity index (χ0v) is 15.5. The fraction of sp³-hybridized carbons (Fsp3) is 0.450. The summed E-state index contributed by atoms with van der Waals surface area (Å²) >= 11 is 0. The summed E-state index contributed by atoms with van der Waals surface area (Å²) in [5.41, 5.74) is 5.16. The number of aromatic nitrogens is 1. The molecular formula is C20H29N3O. The third-order valence-corrected chi connectivity index (χ3v) is 4.64. The Balaban J connectivity index is 2.17. The van der Waals surface area contributed by atoms with E-state index >= 15 is 0 Å². The number of hydrogen-bond acceptors (Lipinski definition) is 2. The molecule has 1 amide bonds. The van der Waals surface area contributed by atoms with E-state index in [9.17, 15) is 4.79 Å². The molecule has 0 atom stereocenters. The zero-order valence-electron chi connectivity index (χ0n) is 15.5. The third kappa shape index (κ3) is 3.88. The van der Waals surface area contributed by atoms with Crippen LogP contribution < -0.4 is 5.32 Å². The largest absolute Gasteiger partial charge is 0.351 e. The lowest BCUT2D eigenvalue weighted by molar-refractivity contribution is 0.0948.